The average Bonchev–Trinajstić information content (AvgIpc) is 3.21. The summed E-state index contributed by atoms with van der Waals surface area (Å²) in [6.07, 6.45) is 2.68. The molecule has 3 aromatic heterocycles. The number of para-hydroxylation sites is 1. The Kier molecular flexibility index (Phi) is 8.98. The summed E-state index contributed by atoms with van der Waals surface area (Å²) >= 11 is 0. The van der Waals surface area contributed by atoms with Gasteiger partial charge in [0, 0.05) is 38.5 Å². The summed E-state index contributed by atoms with van der Waals surface area (Å²) in [7, 11) is 3.70. The molecular formula is C27H21F4IrN6-3. The Morgan fingerprint density at radius 1 is 0.816 bits per heavy atom. The van der Waals surface area contributed by atoms with Crippen LogP contribution in [0.15, 0.2) is 72.0 Å². The molecule has 0 fully saturated rings. The number of hydrogen-bond donors (Lipinski definition) is 0. The molecular weight excluding hydrogens is 677 g/mol. The van der Waals surface area contributed by atoms with Gasteiger partial charge in [-0.15, -0.1) is 12.1 Å². The van der Waals surface area contributed by atoms with Crippen LogP contribution in [0.3, 0.4) is 0 Å². The SMILES string of the molecule is [CH2-]c1cc(F)nc(F)c1-c1cccc[n+]1[CH2-].[CH2-]c1cc(F)nc(F)c1N1N=CN(c2ccccc2)C1[CH2-].[Ir]. The van der Waals surface area contributed by atoms with Gasteiger partial charge in [-0.1, -0.05) is 42.0 Å². The number of rotatable bonds is 3. The van der Waals surface area contributed by atoms with E-state index in [1.807, 2.05) is 30.3 Å². The minimum atomic E-state index is -0.958. The number of anilines is 2. The molecule has 1 radical (unpaired) electrons. The van der Waals surface area contributed by atoms with Crippen LogP contribution in [0.4, 0.5) is 28.9 Å². The van der Waals surface area contributed by atoms with Crippen LogP contribution in [0.25, 0.3) is 11.3 Å². The van der Waals surface area contributed by atoms with Gasteiger partial charge in [0.2, 0.25) is 0 Å². The van der Waals surface area contributed by atoms with E-state index in [9.17, 15) is 17.6 Å². The summed E-state index contributed by atoms with van der Waals surface area (Å²) in [4.78, 5) is 8.08. The maximum absolute atomic E-state index is 13.9. The molecule has 0 saturated heterocycles. The van der Waals surface area contributed by atoms with Gasteiger partial charge in [0.15, 0.2) is 23.8 Å². The van der Waals surface area contributed by atoms with Crippen LogP contribution in [-0.4, -0.2) is 22.5 Å². The van der Waals surface area contributed by atoms with Crippen LogP contribution in [0.1, 0.15) is 11.1 Å². The summed E-state index contributed by atoms with van der Waals surface area (Å²) in [6, 6.07) is 16.7. The molecule has 0 amide bonds. The topological polar surface area (TPSA) is 48.5 Å². The molecule has 4 aromatic rings. The molecule has 1 aliphatic heterocycles. The van der Waals surface area contributed by atoms with E-state index < -0.39 is 30.0 Å². The maximum atomic E-state index is 13.9. The molecule has 1 aromatic carbocycles. The number of aromatic nitrogens is 3. The molecule has 4 heterocycles. The number of pyridine rings is 3. The first-order valence-electron chi connectivity index (χ1n) is 10.8. The van der Waals surface area contributed by atoms with Crippen molar-refractivity contribution in [3.05, 3.63) is 130 Å². The largest absolute Gasteiger partial charge is 0.343 e. The van der Waals surface area contributed by atoms with E-state index in [0.29, 0.717) is 5.69 Å². The standard InChI is InChI=1S/C15H12F2N4.C12H9F2N2.Ir/c1-10-8-13(16)19-15(17)14(10)21-11(2)20(9-18-21)12-6-4-3-5-7-12;1-8-7-10(13)15-12(14)11(8)9-5-3-4-6-16(9)2;/h3-9,11H,1-2H2;3-7H,1-2H2;/q-2;-1;. The first-order valence-corrected chi connectivity index (χ1v) is 10.8. The van der Waals surface area contributed by atoms with Crippen LogP contribution in [-0.2, 0) is 20.1 Å². The summed E-state index contributed by atoms with van der Waals surface area (Å²) < 4.78 is 54.8. The summed E-state index contributed by atoms with van der Waals surface area (Å²) in [5.41, 5.74) is 1.96. The summed E-state index contributed by atoms with van der Waals surface area (Å²) in [5.74, 6) is -3.63. The molecule has 199 valence electrons. The normalized spacial score (nSPS) is 14.1. The van der Waals surface area contributed by atoms with Crippen LogP contribution >= 0.6 is 0 Å². The minimum absolute atomic E-state index is 0. The van der Waals surface area contributed by atoms with E-state index in [1.54, 1.807) is 29.3 Å². The number of hydrazone groups is 1. The van der Waals surface area contributed by atoms with E-state index in [2.05, 4.69) is 42.9 Å². The van der Waals surface area contributed by atoms with Crippen molar-refractivity contribution in [1.29, 1.82) is 0 Å². The first-order chi connectivity index (χ1) is 17.7. The molecule has 0 bridgehead atoms. The molecule has 5 rings (SSSR count). The average molecular weight is 698 g/mol. The first kappa shape index (κ1) is 28.5. The fourth-order valence-electron chi connectivity index (χ4n) is 3.70. The van der Waals surface area contributed by atoms with Crippen LogP contribution in [0, 0.1) is 51.6 Å². The van der Waals surface area contributed by atoms with Crippen molar-refractivity contribution in [2.45, 2.75) is 6.17 Å². The van der Waals surface area contributed by atoms with Gasteiger partial charge in [-0.2, -0.15) is 43.2 Å². The van der Waals surface area contributed by atoms with Crippen LogP contribution in [0.5, 0.6) is 0 Å². The molecule has 0 N–H and O–H groups in total. The second kappa shape index (κ2) is 12.0. The Labute approximate surface area is 231 Å². The number of halogens is 4. The van der Waals surface area contributed by atoms with Crippen molar-refractivity contribution in [2.24, 2.45) is 5.10 Å². The van der Waals surface area contributed by atoms with E-state index in [4.69, 9.17) is 0 Å². The van der Waals surface area contributed by atoms with Gasteiger partial charge < -0.3 is 21.4 Å². The fraction of sp³-hybridized carbons (Fsp3) is 0.0370. The monoisotopic (exact) mass is 698 g/mol. The zero-order valence-corrected chi connectivity index (χ0v) is 22.3. The van der Waals surface area contributed by atoms with Crippen molar-refractivity contribution in [2.75, 3.05) is 9.91 Å². The minimum Gasteiger partial charge on any atom is -0.343 e. The van der Waals surface area contributed by atoms with Crippen LogP contribution < -0.4 is 14.5 Å². The summed E-state index contributed by atoms with van der Waals surface area (Å²) in [5, 5.41) is 5.46. The van der Waals surface area contributed by atoms with E-state index in [1.165, 1.54) is 15.9 Å². The van der Waals surface area contributed by atoms with Gasteiger partial charge >= 0.3 is 0 Å². The van der Waals surface area contributed by atoms with Gasteiger partial charge in [-0.25, -0.2) is 14.4 Å². The Morgan fingerprint density at radius 3 is 2.03 bits per heavy atom. The zero-order chi connectivity index (χ0) is 26.7. The van der Waals surface area contributed by atoms with Gasteiger partial charge in [-0.05, 0) is 18.3 Å². The van der Waals surface area contributed by atoms with E-state index in [-0.39, 0.29) is 42.5 Å². The Bertz CT molecular complexity index is 1400. The quantitative estimate of drug-likeness (QED) is 0.129. The second-order valence-corrected chi connectivity index (χ2v) is 7.87. The number of hydrogen-bond acceptors (Lipinski definition) is 5. The summed E-state index contributed by atoms with van der Waals surface area (Å²) in [6.45, 7) is 11.2. The molecule has 0 aliphatic carbocycles. The number of nitrogens with zero attached hydrogens (tertiary/aromatic N) is 6. The van der Waals surface area contributed by atoms with Crippen molar-refractivity contribution in [3.8, 4) is 11.3 Å². The Morgan fingerprint density at radius 2 is 1.42 bits per heavy atom. The fourth-order valence-corrected chi connectivity index (χ4v) is 3.70. The van der Waals surface area contributed by atoms with Gasteiger partial charge in [-0.3, -0.25) is 0 Å². The van der Waals surface area contributed by atoms with E-state index >= 15 is 0 Å². The molecule has 6 nitrogen and oxygen atoms in total. The predicted octanol–water partition coefficient (Wildman–Crippen LogP) is 5.11. The third kappa shape index (κ3) is 5.90. The van der Waals surface area contributed by atoms with E-state index in [0.717, 1.165) is 17.8 Å². The van der Waals surface area contributed by atoms with Gasteiger partial charge in [0.25, 0.3) is 0 Å². The molecule has 38 heavy (non-hydrogen) atoms. The van der Waals surface area contributed by atoms with Crippen molar-refractivity contribution < 1.29 is 42.2 Å². The molecule has 1 unspecified atom stereocenters. The predicted molar refractivity (Wildman–Crippen MR) is 133 cm³/mol. The molecule has 0 saturated carbocycles. The molecule has 1 atom stereocenters. The third-order valence-electron chi connectivity index (χ3n) is 5.41. The number of benzene rings is 1. The zero-order valence-electron chi connectivity index (χ0n) is 19.9. The molecule has 11 heteroatoms. The smallest absolute Gasteiger partial charge is 0.183 e. The Balaban J connectivity index is 0.000000213. The molecule has 0 spiro atoms. The van der Waals surface area contributed by atoms with Crippen molar-refractivity contribution in [1.82, 2.24) is 9.97 Å². The Hall–Kier alpha value is -4.08. The van der Waals surface area contributed by atoms with Crippen molar-refractivity contribution >= 4 is 17.7 Å². The van der Waals surface area contributed by atoms with Crippen molar-refractivity contribution in [3.63, 3.8) is 0 Å². The molecule has 1 aliphatic rings. The maximum Gasteiger partial charge on any atom is 0.183 e. The van der Waals surface area contributed by atoms with Gasteiger partial charge in [0.05, 0.1) is 11.9 Å². The third-order valence-corrected chi connectivity index (χ3v) is 5.41. The van der Waals surface area contributed by atoms with Gasteiger partial charge in [0.1, 0.15) is 6.34 Å². The second-order valence-electron chi connectivity index (χ2n) is 7.87. The van der Waals surface area contributed by atoms with Crippen LogP contribution in [0.2, 0.25) is 0 Å².